The van der Waals surface area contributed by atoms with Crippen LogP contribution in [-0.2, 0) is 4.79 Å². The van der Waals surface area contributed by atoms with Crippen molar-refractivity contribution >= 4 is 29.3 Å². The monoisotopic (exact) mass is 288 g/mol. The summed E-state index contributed by atoms with van der Waals surface area (Å²) in [6, 6.07) is 7.52. The van der Waals surface area contributed by atoms with Crippen LogP contribution in [-0.4, -0.2) is 31.8 Å². The molecule has 0 spiro atoms. The van der Waals surface area contributed by atoms with Gasteiger partial charge < -0.3 is 5.32 Å². The third-order valence-electron chi connectivity index (χ3n) is 2.95. The normalized spacial score (nSPS) is 17.1. The predicted octanol–water partition coefficient (Wildman–Crippen LogP) is 1.73. The second-order valence-corrected chi connectivity index (χ2v) is 5.69. The first-order chi connectivity index (χ1) is 9.63. The van der Waals surface area contributed by atoms with Crippen molar-refractivity contribution in [2.24, 2.45) is 0 Å². The van der Waals surface area contributed by atoms with Gasteiger partial charge in [0.05, 0.1) is 0 Å². The standard InChI is InChI=1S/C13H12N4O2S/c1-8-2-4-9(5-3-8)16-11(18)6-10-12(19)17-13(20-10)14-7-15-17/h2-5,7,10H,6H2,1H3,(H,16,18). The molecule has 1 aliphatic heterocycles. The third-order valence-corrected chi connectivity index (χ3v) is 4.10. The molecule has 6 nitrogen and oxygen atoms in total. The van der Waals surface area contributed by atoms with Crippen LogP contribution in [0.4, 0.5) is 5.69 Å². The van der Waals surface area contributed by atoms with Crippen LogP contribution in [0.1, 0.15) is 16.8 Å². The second kappa shape index (κ2) is 5.09. The molecule has 1 N–H and O–H groups in total. The summed E-state index contributed by atoms with van der Waals surface area (Å²) in [4.78, 5) is 27.9. The maximum absolute atomic E-state index is 12.0. The van der Waals surface area contributed by atoms with E-state index in [0.717, 1.165) is 11.3 Å². The minimum Gasteiger partial charge on any atom is -0.326 e. The van der Waals surface area contributed by atoms with Gasteiger partial charge in [0.2, 0.25) is 5.91 Å². The summed E-state index contributed by atoms with van der Waals surface area (Å²) in [6.07, 6.45) is 1.45. The van der Waals surface area contributed by atoms with Gasteiger partial charge in [-0.05, 0) is 19.1 Å². The Morgan fingerprint density at radius 1 is 1.40 bits per heavy atom. The Balaban J connectivity index is 1.62. The van der Waals surface area contributed by atoms with Crippen molar-refractivity contribution in [2.75, 3.05) is 5.32 Å². The molecule has 0 fully saturated rings. The smallest absolute Gasteiger partial charge is 0.263 e. The number of nitrogens with one attached hydrogen (secondary N) is 1. The fraction of sp³-hybridized carbons (Fsp3) is 0.231. The number of benzene rings is 1. The van der Waals surface area contributed by atoms with Crippen LogP contribution in [0.2, 0.25) is 0 Å². The Labute approximate surface area is 119 Å². The van der Waals surface area contributed by atoms with E-state index in [-0.39, 0.29) is 18.2 Å². The molecule has 0 bridgehead atoms. The highest BCUT2D eigenvalue weighted by Gasteiger charge is 2.34. The zero-order valence-electron chi connectivity index (χ0n) is 10.7. The van der Waals surface area contributed by atoms with Crippen LogP contribution in [0.3, 0.4) is 0 Å². The predicted molar refractivity (Wildman–Crippen MR) is 74.7 cm³/mol. The summed E-state index contributed by atoms with van der Waals surface area (Å²) in [7, 11) is 0. The van der Waals surface area contributed by atoms with Gasteiger partial charge in [-0.1, -0.05) is 29.5 Å². The summed E-state index contributed by atoms with van der Waals surface area (Å²) in [5.41, 5.74) is 1.85. The Morgan fingerprint density at radius 3 is 2.85 bits per heavy atom. The van der Waals surface area contributed by atoms with Gasteiger partial charge in [0, 0.05) is 12.1 Å². The highest BCUT2D eigenvalue weighted by Crippen LogP contribution is 2.31. The van der Waals surface area contributed by atoms with Crippen molar-refractivity contribution in [2.45, 2.75) is 23.8 Å². The fourth-order valence-corrected chi connectivity index (χ4v) is 2.96. The number of aromatic nitrogens is 3. The van der Waals surface area contributed by atoms with Gasteiger partial charge in [-0.2, -0.15) is 9.78 Å². The van der Waals surface area contributed by atoms with Crippen LogP contribution in [0.25, 0.3) is 0 Å². The van der Waals surface area contributed by atoms with Crippen molar-refractivity contribution in [3.63, 3.8) is 0 Å². The maximum atomic E-state index is 12.0. The lowest BCUT2D eigenvalue weighted by Gasteiger charge is -2.08. The number of fused-ring (bicyclic) bond motifs is 1. The Morgan fingerprint density at radius 2 is 2.15 bits per heavy atom. The summed E-state index contributed by atoms with van der Waals surface area (Å²) in [5.74, 6) is -0.382. The molecule has 20 heavy (non-hydrogen) atoms. The number of nitrogens with zero attached hydrogens (tertiary/aromatic N) is 3. The molecule has 2 heterocycles. The second-order valence-electron chi connectivity index (χ2n) is 4.52. The van der Waals surface area contributed by atoms with E-state index < -0.39 is 5.25 Å². The minimum atomic E-state index is -0.448. The van der Waals surface area contributed by atoms with E-state index >= 15 is 0 Å². The van der Waals surface area contributed by atoms with Crippen molar-refractivity contribution in [3.05, 3.63) is 36.2 Å². The van der Waals surface area contributed by atoms with E-state index in [2.05, 4.69) is 15.4 Å². The van der Waals surface area contributed by atoms with Crippen LogP contribution < -0.4 is 5.32 Å². The summed E-state index contributed by atoms with van der Waals surface area (Å²) in [6.45, 7) is 1.98. The number of aryl methyl sites for hydroxylation is 1. The number of hydrogen-bond donors (Lipinski definition) is 1. The quantitative estimate of drug-likeness (QED) is 0.930. The molecule has 1 aromatic heterocycles. The fourth-order valence-electron chi connectivity index (χ4n) is 1.92. The zero-order chi connectivity index (χ0) is 14.1. The number of hydrogen-bond acceptors (Lipinski definition) is 5. The van der Waals surface area contributed by atoms with Crippen LogP contribution >= 0.6 is 11.8 Å². The van der Waals surface area contributed by atoms with E-state index in [1.807, 2.05) is 31.2 Å². The van der Waals surface area contributed by atoms with Crippen LogP contribution in [0.5, 0.6) is 0 Å². The topological polar surface area (TPSA) is 76.9 Å². The van der Waals surface area contributed by atoms with Crippen molar-refractivity contribution in [1.82, 2.24) is 14.8 Å². The van der Waals surface area contributed by atoms with E-state index in [4.69, 9.17) is 0 Å². The first-order valence-electron chi connectivity index (χ1n) is 6.11. The molecule has 1 unspecified atom stereocenters. The molecule has 7 heteroatoms. The molecule has 1 amide bonds. The number of carbonyl (C=O) groups excluding carboxylic acids is 2. The first-order valence-corrected chi connectivity index (χ1v) is 6.99. The Bertz CT molecular complexity index is 665. The molecular formula is C13H12N4O2S. The minimum absolute atomic E-state index is 0.114. The van der Waals surface area contributed by atoms with Crippen LogP contribution in [0, 0.1) is 6.92 Å². The number of anilines is 1. The maximum Gasteiger partial charge on any atom is 0.263 e. The van der Waals surface area contributed by atoms with Gasteiger partial charge in [0.1, 0.15) is 11.6 Å². The molecule has 3 rings (SSSR count). The highest BCUT2D eigenvalue weighted by atomic mass is 32.2. The van der Waals surface area contributed by atoms with Gasteiger partial charge in [-0.25, -0.2) is 4.98 Å². The molecule has 2 aromatic rings. The van der Waals surface area contributed by atoms with Crippen molar-refractivity contribution in [3.8, 4) is 0 Å². The number of thioether (sulfide) groups is 1. The molecule has 1 atom stereocenters. The first kappa shape index (κ1) is 12.9. The molecule has 1 aromatic carbocycles. The molecule has 1 aliphatic rings. The molecule has 0 radical (unpaired) electrons. The van der Waals surface area contributed by atoms with Crippen LogP contribution in [0.15, 0.2) is 35.7 Å². The molecule has 0 saturated carbocycles. The van der Waals surface area contributed by atoms with Gasteiger partial charge in [-0.15, -0.1) is 0 Å². The largest absolute Gasteiger partial charge is 0.326 e. The average Bonchev–Trinajstić information content (AvgIpc) is 2.97. The number of rotatable bonds is 3. The lowest BCUT2D eigenvalue weighted by molar-refractivity contribution is -0.116. The molecule has 0 saturated heterocycles. The number of carbonyl (C=O) groups is 2. The van der Waals surface area contributed by atoms with E-state index in [1.54, 1.807) is 0 Å². The lowest BCUT2D eigenvalue weighted by Crippen LogP contribution is -2.24. The summed E-state index contributed by atoms with van der Waals surface area (Å²) in [5, 5.41) is 6.71. The van der Waals surface area contributed by atoms with Gasteiger partial charge in [0.25, 0.3) is 5.91 Å². The lowest BCUT2D eigenvalue weighted by atomic mass is 10.2. The van der Waals surface area contributed by atoms with E-state index in [9.17, 15) is 9.59 Å². The van der Waals surface area contributed by atoms with E-state index in [1.165, 1.54) is 22.8 Å². The zero-order valence-corrected chi connectivity index (χ0v) is 11.6. The Hall–Kier alpha value is -2.15. The van der Waals surface area contributed by atoms with Crippen molar-refractivity contribution in [1.29, 1.82) is 0 Å². The number of amides is 1. The van der Waals surface area contributed by atoms with Gasteiger partial charge >= 0.3 is 0 Å². The molecule has 0 aliphatic carbocycles. The summed E-state index contributed by atoms with van der Waals surface area (Å²) >= 11 is 1.27. The summed E-state index contributed by atoms with van der Waals surface area (Å²) < 4.78 is 1.24. The molecule has 102 valence electrons. The average molecular weight is 288 g/mol. The van der Waals surface area contributed by atoms with Gasteiger partial charge in [-0.3, -0.25) is 9.59 Å². The SMILES string of the molecule is Cc1ccc(NC(=O)CC2Sc3ncnn3C2=O)cc1. The third kappa shape index (κ3) is 2.44. The van der Waals surface area contributed by atoms with Crippen molar-refractivity contribution < 1.29 is 9.59 Å². The highest BCUT2D eigenvalue weighted by molar-refractivity contribution is 8.00. The molecular weight excluding hydrogens is 276 g/mol. The van der Waals surface area contributed by atoms with E-state index in [0.29, 0.717) is 5.16 Å². The van der Waals surface area contributed by atoms with Gasteiger partial charge in [0.15, 0.2) is 5.16 Å². The Kier molecular flexibility index (Phi) is 3.27.